The molecule has 8 nitrogen and oxygen atoms in total. The molecule has 0 unspecified atom stereocenters. The summed E-state index contributed by atoms with van der Waals surface area (Å²) >= 11 is 0. The zero-order valence-corrected chi connectivity index (χ0v) is 20.3. The molecule has 4 rings (SSSR count). The molecule has 0 aromatic heterocycles. The maximum absolute atomic E-state index is 12.7. The summed E-state index contributed by atoms with van der Waals surface area (Å²) in [6.45, 7) is 3.76. The highest BCUT2D eigenvalue weighted by Gasteiger charge is 2.38. The molecule has 10 heteroatoms. The summed E-state index contributed by atoms with van der Waals surface area (Å²) in [6.07, 6.45) is 3.95. The molecule has 0 bridgehead atoms. The van der Waals surface area contributed by atoms with Crippen LogP contribution in [0.15, 0.2) is 68.5 Å². The summed E-state index contributed by atoms with van der Waals surface area (Å²) in [4.78, 5) is 4.85. The molecule has 2 aromatic carbocycles. The van der Waals surface area contributed by atoms with Gasteiger partial charge in [0.05, 0.1) is 21.2 Å². The lowest BCUT2D eigenvalue weighted by Crippen LogP contribution is -2.28. The van der Waals surface area contributed by atoms with Gasteiger partial charge in [-0.15, -0.1) is 0 Å². The van der Waals surface area contributed by atoms with Crippen LogP contribution in [-0.2, 0) is 20.0 Å². The van der Waals surface area contributed by atoms with Crippen molar-refractivity contribution >= 4 is 31.5 Å². The van der Waals surface area contributed by atoms with Crippen molar-refractivity contribution in [3.05, 3.63) is 59.7 Å². The summed E-state index contributed by atoms with van der Waals surface area (Å²) in [5.41, 5.74) is 2.83. The van der Waals surface area contributed by atoms with E-state index < -0.39 is 20.0 Å². The second-order valence-corrected chi connectivity index (χ2v) is 12.1. The van der Waals surface area contributed by atoms with Crippen molar-refractivity contribution in [2.45, 2.75) is 55.7 Å². The van der Waals surface area contributed by atoms with E-state index in [4.69, 9.17) is 0 Å². The van der Waals surface area contributed by atoms with Crippen LogP contribution < -0.4 is 9.66 Å². The SMILES string of the molecule is Cc1ccc(S(=O)(=O)N/N=C2/CC[C@@H]3C[C@@H]3CC/C2=N/NS(=O)(=O)c2ccc(C)cc2)cc1. The minimum atomic E-state index is -3.85. The highest BCUT2D eigenvalue weighted by Crippen LogP contribution is 2.46. The molecule has 0 heterocycles. The number of fused-ring (bicyclic) bond motifs is 1. The van der Waals surface area contributed by atoms with Crippen LogP contribution in [0.5, 0.6) is 0 Å². The lowest BCUT2D eigenvalue weighted by atomic mass is 9.97. The third-order valence-electron chi connectivity index (χ3n) is 6.17. The van der Waals surface area contributed by atoms with Gasteiger partial charge in [0.25, 0.3) is 20.0 Å². The molecule has 0 saturated heterocycles. The molecular formula is C23H28N4O4S2. The Morgan fingerprint density at radius 3 is 1.39 bits per heavy atom. The van der Waals surface area contributed by atoms with Crippen LogP contribution in [0.25, 0.3) is 0 Å². The number of hydrazone groups is 2. The van der Waals surface area contributed by atoms with Gasteiger partial charge in [-0.2, -0.15) is 36.7 Å². The molecule has 2 fully saturated rings. The standard InChI is InChI=1S/C23H28N4O4S2/c1-16-3-9-20(10-4-16)32(28,29)26-24-22-13-7-18-15-19(18)8-14-23(22)25-27-33(30,31)21-11-5-17(2)6-12-21/h3-6,9-12,18-19,26-27H,7-8,13-15H2,1-2H3/b24-22-,25-23-/t18-,19+. The van der Waals surface area contributed by atoms with Gasteiger partial charge < -0.3 is 0 Å². The van der Waals surface area contributed by atoms with Gasteiger partial charge in [-0.3, -0.25) is 0 Å². The Morgan fingerprint density at radius 2 is 1.03 bits per heavy atom. The van der Waals surface area contributed by atoms with Crippen molar-refractivity contribution in [3.8, 4) is 0 Å². The Bertz CT molecular complexity index is 1180. The second-order valence-electron chi connectivity index (χ2n) is 8.77. The van der Waals surface area contributed by atoms with Crippen molar-refractivity contribution in [2.75, 3.05) is 0 Å². The Balaban J connectivity index is 1.58. The lowest BCUT2D eigenvalue weighted by Gasteiger charge is -2.15. The molecule has 0 radical (unpaired) electrons. The predicted molar refractivity (Wildman–Crippen MR) is 128 cm³/mol. The third-order valence-corrected chi connectivity index (χ3v) is 8.62. The Morgan fingerprint density at radius 1 is 0.667 bits per heavy atom. The fraction of sp³-hybridized carbons (Fsp3) is 0.391. The molecule has 2 N–H and O–H groups in total. The molecule has 0 aliphatic heterocycles. The lowest BCUT2D eigenvalue weighted by molar-refractivity contribution is 0.581. The number of aryl methyl sites for hydroxylation is 2. The average Bonchev–Trinajstić information content (AvgIpc) is 3.51. The van der Waals surface area contributed by atoms with E-state index in [1.54, 1.807) is 24.3 Å². The number of nitrogens with one attached hydrogen (secondary N) is 2. The van der Waals surface area contributed by atoms with E-state index in [9.17, 15) is 16.8 Å². The largest absolute Gasteiger partial charge is 0.276 e. The van der Waals surface area contributed by atoms with Gasteiger partial charge in [0.1, 0.15) is 0 Å². The average molecular weight is 489 g/mol. The van der Waals surface area contributed by atoms with Gasteiger partial charge in [0.15, 0.2) is 0 Å². The van der Waals surface area contributed by atoms with E-state index in [2.05, 4.69) is 19.9 Å². The molecule has 176 valence electrons. The number of hydrogen-bond donors (Lipinski definition) is 2. The number of sulfonamides is 2. The zero-order chi connectivity index (χ0) is 23.6. The quantitative estimate of drug-likeness (QED) is 0.605. The van der Waals surface area contributed by atoms with Crippen LogP contribution in [0.4, 0.5) is 0 Å². The molecule has 2 saturated carbocycles. The van der Waals surface area contributed by atoms with Crippen LogP contribution in [0, 0.1) is 25.7 Å². The zero-order valence-electron chi connectivity index (χ0n) is 18.7. The van der Waals surface area contributed by atoms with E-state index in [0.29, 0.717) is 36.1 Å². The second kappa shape index (κ2) is 9.26. The van der Waals surface area contributed by atoms with E-state index in [1.165, 1.54) is 24.3 Å². The van der Waals surface area contributed by atoms with E-state index in [-0.39, 0.29) is 9.79 Å². The smallest absolute Gasteiger partial charge is 0.200 e. The number of rotatable bonds is 6. The number of benzene rings is 2. The molecular weight excluding hydrogens is 460 g/mol. The normalized spacial score (nSPS) is 23.5. The highest BCUT2D eigenvalue weighted by molar-refractivity contribution is 7.89. The van der Waals surface area contributed by atoms with Crippen LogP contribution in [0.2, 0.25) is 0 Å². The van der Waals surface area contributed by atoms with E-state index >= 15 is 0 Å². The molecule has 0 spiro atoms. The fourth-order valence-corrected chi connectivity index (χ4v) is 5.62. The molecule has 2 aliphatic rings. The van der Waals surface area contributed by atoms with Crippen LogP contribution in [-0.4, -0.2) is 28.3 Å². The summed E-state index contributed by atoms with van der Waals surface area (Å²) in [7, 11) is -7.69. The summed E-state index contributed by atoms with van der Waals surface area (Å²) in [5, 5.41) is 8.38. The summed E-state index contributed by atoms with van der Waals surface area (Å²) in [5.74, 6) is 1.24. The molecule has 33 heavy (non-hydrogen) atoms. The van der Waals surface area contributed by atoms with Crippen molar-refractivity contribution in [1.29, 1.82) is 0 Å². The first-order valence-electron chi connectivity index (χ1n) is 10.9. The van der Waals surface area contributed by atoms with E-state index in [1.807, 2.05) is 13.8 Å². The molecule has 2 atom stereocenters. The van der Waals surface area contributed by atoms with Gasteiger partial charge in [0.2, 0.25) is 0 Å². The van der Waals surface area contributed by atoms with Gasteiger partial charge >= 0.3 is 0 Å². The first-order valence-corrected chi connectivity index (χ1v) is 13.9. The molecule has 0 amide bonds. The first kappa shape index (κ1) is 23.4. The van der Waals surface area contributed by atoms with Crippen molar-refractivity contribution < 1.29 is 16.8 Å². The van der Waals surface area contributed by atoms with Gasteiger partial charge in [-0.1, -0.05) is 35.4 Å². The van der Waals surface area contributed by atoms with Gasteiger partial charge in [-0.05, 0) is 82.1 Å². The minimum absolute atomic E-state index is 0.115. The van der Waals surface area contributed by atoms with Crippen LogP contribution in [0.3, 0.4) is 0 Å². The van der Waals surface area contributed by atoms with Crippen molar-refractivity contribution in [2.24, 2.45) is 22.0 Å². The van der Waals surface area contributed by atoms with Crippen LogP contribution in [0.1, 0.15) is 43.2 Å². The topological polar surface area (TPSA) is 117 Å². The Hall–Kier alpha value is -2.72. The Labute approximate surface area is 195 Å². The minimum Gasteiger partial charge on any atom is -0.200 e. The van der Waals surface area contributed by atoms with Crippen molar-refractivity contribution in [3.63, 3.8) is 0 Å². The molecule has 2 aromatic rings. The predicted octanol–water partition coefficient (Wildman–Crippen LogP) is 3.48. The fourth-order valence-electron chi connectivity index (χ4n) is 3.96. The monoisotopic (exact) mass is 488 g/mol. The Kier molecular flexibility index (Phi) is 6.58. The number of nitrogens with zero attached hydrogens (tertiary/aromatic N) is 2. The van der Waals surface area contributed by atoms with Crippen LogP contribution >= 0.6 is 0 Å². The maximum Gasteiger partial charge on any atom is 0.276 e. The van der Waals surface area contributed by atoms with Gasteiger partial charge in [0, 0.05) is 0 Å². The number of hydrogen-bond acceptors (Lipinski definition) is 6. The highest BCUT2D eigenvalue weighted by atomic mass is 32.2. The van der Waals surface area contributed by atoms with Crippen molar-refractivity contribution in [1.82, 2.24) is 9.66 Å². The van der Waals surface area contributed by atoms with Gasteiger partial charge in [-0.25, -0.2) is 0 Å². The summed E-state index contributed by atoms with van der Waals surface area (Å²) in [6, 6.07) is 13.0. The third kappa shape index (κ3) is 5.80. The molecule has 2 aliphatic carbocycles. The van der Waals surface area contributed by atoms with E-state index in [0.717, 1.165) is 30.4 Å². The maximum atomic E-state index is 12.7. The first-order chi connectivity index (χ1) is 15.6. The summed E-state index contributed by atoms with van der Waals surface area (Å²) < 4.78 is 50.7.